The van der Waals surface area contributed by atoms with Crippen LogP contribution >= 0.6 is 0 Å². The lowest BCUT2D eigenvalue weighted by molar-refractivity contribution is 0.201. The molecule has 1 saturated carbocycles. The van der Waals surface area contributed by atoms with Gasteiger partial charge in [-0.05, 0) is 24.0 Å². The Bertz CT molecular complexity index is 334. The molecular weight excluding hydrogens is 190 g/mol. The van der Waals surface area contributed by atoms with Crippen LogP contribution in [-0.2, 0) is 13.5 Å². The molecule has 2 rings (SSSR count). The highest BCUT2D eigenvalue weighted by atomic mass is 15.6. The van der Waals surface area contributed by atoms with Crippen LogP contribution in [0.1, 0.15) is 38.4 Å². The normalized spacial score (nSPS) is 31.8. The molecule has 0 aromatic carbocycles. The maximum absolute atomic E-state index is 6.43. The molecule has 1 aromatic rings. The highest BCUT2D eigenvalue weighted by molar-refractivity contribution is 4.99. The highest BCUT2D eigenvalue weighted by Gasteiger charge is 2.35. The van der Waals surface area contributed by atoms with Crippen molar-refractivity contribution >= 4 is 0 Å². The summed E-state index contributed by atoms with van der Waals surface area (Å²) >= 11 is 0. The van der Waals surface area contributed by atoms with Gasteiger partial charge in [0.15, 0.2) is 5.82 Å². The maximum Gasteiger partial charge on any atom is 0.176 e. The van der Waals surface area contributed by atoms with Gasteiger partial charge < -0.3 is 5.73 Å². The summed E-state index contributed by atoms with van der Waals surface area (Å²) < 4.78 is 0. The molecule has 1 fully saturated rings. The average molecular weight is 209 g/mol. The van der Waals surface area contributed by atoms with Gasteiger partial charge in [0.05, 0.1) is 7.05 Å². The van der Waals surface area contributed by atoms with Crippen LogP contribution in [0.5, 0.6) is 0 Å². The van der Waals surface area contributed by atoms with E-state index in [1.807, 2.05) is 0 Å². The van der Waals surface area contributed by atoms with Crippen molar-refractivity contribution in [1.82, 2.24) is 20.2 Å². The minimum absolute atomic E-state index is 0.124. The summed E-state index contributed by atoms with van der Waals surface area (Å²) in [6.45, 7) is 2.23. The molecule has 5 nitrogen and oxygen atoms in total. The summed E-state index contributed by atoms with van der Waals surface area (Å²) in [7, 11) is 1.78. The molecule has 0 saturated heterocycles. The second-order valence-corrected chi connectivity index (χ2v) is 4.75. The number of nitrogens with two attached hydrogens (primary N) is 1. The van der Waals surface area contributed by atoms with E-state index >= 15 is 0 Å². The van der Waals surface area contributed by atoms with Crippen LogP contribution in [0.25, 0.3) is 0 Å². The van der Waals surface area contributed by atoms with E-state index < -0.39 is 0 Å². The SMILES string of the molecule is CC1CCCCC1(N)Cc1nnn(C)n1. The standard InChI is InChI=1S/C10H19N5/c1-8-5-3-4-6-10(8,11)7-9-12-14-15(2)13-9/h8H,3-7,11H2,1-2H3. The monoisotopic (exact) mass is 209 g/mol. The van der Waals surface area contributed by atoms with Gasteiger partial charge in [-0.3, -0.25) is 0 Å². The highest BCUT2D eigenvalue weighted by Crippen LogP contribution is 2.33. The van der Waals surface area contributed by atoms with E-state index in [0.717, 1.165) is 18.7 Å². The number of hydrogen-bond donors (Lipinski definition) is 1. The first kappa shape index (κ1) is 10.5. The molecule has 5 heteroatoms. The Hall–Kier alpha value is -0.970. The van der Waals surface area contributed by atoms with Crippen molar-refractivity contribution in [3.63, 3.8) is 0 Å². The van der Waals surface area contributed by atoms with Crippen LogP contribution < -0.4 is 5.73 Å². The van der Waals surface area contributed by atoms with Gasteiger partial charge in [0.25, 0.3) is 0 Å². The molecule has 0 amide bonds. The fourth-order valence-electron chi connectivity index (χ4n) is 2.39. The number of aryl methyl sites for hydroxylation is 1. The molecule has 84 valence electrons. The van der Waals surface area contributed by atoms with Crippen molar-refractivity contribution in [2.24, 2.45) is 18.7 Å². The predicted octanol–water partition coefficient (Wildman–Crippen LogP) is 0.660. The third-order valence-corrected chi connectivity index (χ3v) is 3.55. The Labute approximate surface area is 90.0 Å². The first-order chi connectivity index (χ1) is 7.10. The molecular formula is C10H19N5. The molecule has 0 radical (unpaired) electrons. The van der Waals surface area contributed by atoms with Gasteiger partial charge in [-0.25, -0.2) is 0 Å². The lowest BCUT2D eigenvalue weighted by Crippen LogP contribution is -2.50. The fourth-order valence-corrected chi connectivity index (χ4v) is 2.39. The van der Waals surface area contributed by atoms with Crippen LogP contribution in [-0.4, -0.2) is 25.7 Å². The summed E-state index contributed by atoms with van der Waals surface area (Å²) in [6.07, 6.45) is 5.57. The molecule has 0 spiro atoms. The van der Waals surface area contributed by atoms with E-state index in [1.165, 1.54) is 24.1 Å². The van der Waals surface area contributed by atoms with Gasteiger partial charge in [-0.1, -0.05) is 19.8 Å². The van der Waals surface area contributed by atoms with Gasteiger partial charge in [-0.15, -0.1) is 10.2 Å². The number of rotatable bonds is 2. The summed E-state index contributed by atoms with van der Waals surface area (Å²) in [6, 6.07) is 0. The van der Waals surface area contributed by atoms with Crippen molar-refractivity contribution in [1.29, 1.82) is 0 Å². The Morgan fingerprint density at radius 1 is 1.53 bits per heavy atom. The fraction of sp³-hybridized carbons (Fsp3) is 0.900. The van der Waals surface area contributed by atoms with Crippen LogP contribution in [0.4, 0.5) is 0 Å². The third-order valence-electron chi connectivity index (χ3n) is 3.55. The molecule has 0 bridgehead atoms. The van der Waals surface area contributed by atoms with Crippen molar-refractivity contribution < 1.29 is 0 Å². The quantitative estimate of drug-likeness (QED) is 0.777. The lowest BCUT2D eigenvalue weighted by Gasteiger charge is -2.38. The molecule has 2 atom stereocenters. The van der Waals surface area contributed by atoms with Crippen LogP contribution in [0, 0.1) is 5.92 Å². The Balaban J connectivity index is 2.08. The molecule has 2 unspecified atom stereocenters. The Morgan fingerprint density at radius 2 is 2.33 bits per heavy atom. The van der Waals surface area contributed by atoms with Crippen molar-refractivity contribution in [2.45, 2.75) is 44.6 Å². The van der Waals surface area contributed by atoms with E-state index in [2.05, 4.69) is 22.3 Å². The first-order valence-electron chi connectivity index (χ1n) is 5.62. The molecule has 1 aliphatic rings. The van der Waals surface area contributed by atoms with Gasteiger partial charge in [0.1, 0.15) is 0 Å². The summed E-state index contributed by atoms with van der Waals surface area (Å²) in [5.41, 5.74) is 6.30. The molecule has 1 heterocycles. The second-order valence-electron chi connectivity index (χ2n) is 4.75. The van der Waals surface area contributed by atoms with Gasteiger partial charge in [0.2, 0.25) is 0 Å². The van der Waals surface area contributed by atoms with E-state index in [9.17, 15) is 0 Å². The molecule has 1 aromatic heterocycles. The molecule has 2 N–H and O–H groups in total. The van der Waals surface area contributed by atoms with Gasteiger partial charge in [-0.2, -0.15) is 4.80 Å². The topological polar surface area (TPSA) is 69.6 Å². The lowest BCUT2D eigenvalue weighted by atomic mass is 9.72. The van der Waals surface area contributed by atoms with Crippen molar-refractivity contribution in [2.75, 3.05) is 0 Å². The number of nitrogens with zero attached hydrogens (tertiary/aromatic N) is 4. The zero-order valence-corrected chi connectivity index (χ0v) is 9.48. The van der Waals surface area contributed by atoms with Crippen molar-refractivity contribution in [3.05, 3.63) is 5.82 Å². The van der Waals surface area contributed by atoms with Gasteiger partial charge >= 0.3 is 0 Å². The second kappa shape index (κ2) is 3.89. The molecule has 15 heavy (non-hydrogen) atoms. The van der Waals surface area contributed by atoms with E-state index in [-0.39, 0.29) is 5.54 Å². The summed E-state index contributed by atoms with van der Waals surface area (Å²) in [5.74, 6) is 1.32. The van der Waals surface area contributed by atoms with Crippen LogP contribution in [0.2, 0.25) is 0 Å². The minimum Gasteiger partial charge on any atom is -0.324 e. The van der Waals surface area contributed by atoms with E-state index in [4.69, 9.17) is 5.73 Å². The first-order valence-corrected chi connectivity index (χ1v) is 5.62. The predicted molar refractivity (Wildman–Crippen MR) is 57.1 cm³/mol. The van der Waals surface area contributed by atoms with Crippen molar-refractivity contribution in [3.8, 4) is 0 Å². The zero-order valence-electron chi connectivity index (χ0n) is 9.48. The maximum atomic E-state index is 6.43. The zero-order chi connectivity index (χ0) is 10.9. The third kappa shape index (κ3) is 2.17. The molecule has 1 aliphatic carbocycles. The van der Waals surface area contributed by atoms with Crippen LogP contribution in [0.15, 0.2) is 0 Å². The minimum atomic E-state index is -0.124. The number of hydrogen-bond acceptors (Lipinski definition) is 4. The Kier molecular flexibility index (Phi) is 2.73. The summed E-state index contributed by atoms with van der Waals surface area (Å²) in [5, 5.41) is 12.0. The largest absolute Gasteiger partial charge is 0.324 e. The van der Waals surface area contributed by atoms with Gasteiger partial charge in [0, 0.05) is 12.0 Å². The number of tetrazole rings is 1. The van der Waals surface area contributed by atoms with Crippen LogP contribution in [0.3, 0.4) is 0 Å². The van der Waals surface area contributed by atoms with E-state index in [1.54, 1.807) is 7.05 Å². The molecule has 0 aliphatic heterocycles. The summed E-state index contributed by atoms with van der Waals surface area (Å²) in [4.78, 5) is 1.49. The number of aromatic nitrogens is 4. The smallest absolute Gasteiger partial charge is 0.176 e. The average Bonchev–Trinajstić information content (AvgIpc) is 2.57. The Morgan fingerprint density at radius 3 is 2.93 bits per heavy atom. The van der Waals surface area contributed by atoms with E-state index in [0.29, 0.717) is 5.92 Å².